The fraction of sp³-hybridized carbons (Fsp3) is 0.818. The molecular formula is C11H18N6S. The van der Waals surface area contributed by atoms with Crippen LogP contribution in [0.25, 0.3) is 0 Å². The molecule has 0 saturated heterocycles. The van der Waals surface area contributed by atoms with Crippen molar-refractivity contribution in [2.75, 3.05) is 12.3 Å². The highest BCUT2D eigenvalue weighted by Gasteiger charge is 2.27. The summed E-state index contributed by atoms with van der Waals surface area (Å²) in [5.74, 6) is 0.863. The zero-order valence-corrected chi connectivity index (χ0v) is 11.4. The highest BCUT2D eigenvalue weighted by atomic mass is 32.2. The standard InChI is InChI=1S/C11H18N6S/c1-2-6-13-9(8-12)5-7-18-11-14-15-16-17(11)10-3-4-10/h9-10,13H,2-7H2,1H3. The Kier molecular flexibility index (Phi) is 4.96. The van der Waals surface area contributed by atoms with E-state index >= 15 is 0 Å². The van der Waals surface area contributed by atoms with Crippen LogP contribution in [0.1, 0.15) is 38.6 Å². The lowest BCUT2D eigenvalue weighted by atomic mass is 10.2. The van der Waals surface area contributed by atoms with Gasteiger partial charge in [0.05, 0.1) is 18.2 Å². The van der Waals surface area contributed by atoms with E-state index in [0.717, 1.165) is 30.3 Å². The van der Waals surface area contributed by atoms with Gasteiger partial charge in [0.2, 0.25) is 5.16 Å². The third kappa shape index (κ3) is 3.68. The van der Waals surface area contributed by atoms with Crippen LogP contribution < -0.4 is 5.32 Å². The quantitative estimate of drug-likeness (QED) is 0.716. The summed E-state index contributed by atoms with van der Waals surface area (Å²) in [6.45, 7) is 2.99. The first kappa shape index (κ1) is 13.3. The molecule has 0 amide bonds. The second kappa shape index (κ2) is 6.71. The number of hydrogen-bond acceptors (Lipinski definition) is 6. The number of thioether (sulfide) groups is 1. The molecule has 7 heteroatoms. The number of nitrogens with zero attached hydrogens (tertiary/aromatic N) is 5. The summed E-state index contributed by atoms with van der Waals surface area (Å²) >= 11 is 1.63. The Morgan fingerprint density at radius 3 is 3.11 bits per heavy atom. The summed E-state index contributed by atoms with van der Waals surface area (Å²) in [5, 5.41) is 24.8. The van der Waals surface area contributed by atoms with Crippen LogP contribution in [-0.2, 0) is 0 Å². The molecule has 2 rings (SSSR count). The molecule has 0 spiro atoms. The van der Waals surface area contributed by atoms with Gasteiger partial charge >= 0.3 is 0 Å². The maximum atomic E-state index is 9.00. The van der Waals surface area contributed by atoms with E-state index in [1.165, 1.54) is 12.8 Å². The van der Waals surface area contributed by atoms with Crippen molar-refractivity contribution in [3.8, 4) is 6.07 Å². The van der Waals surface area contributed by atoms with E-state index in [2.05, 4.69) is 33.8 Å². The molecule has 1 N–H and O–H groups in total. The molecule has 1 aromatic rings. The molecule has 0 radical (unpaired) electrons. The molecule has 1 fully saturated rings. The van der Waals surface area contributed by atoms with Crippen LogP contribution in [0.2, 0.25) is 0 Å². The molecular weight excluding hydrogens is 248 g/mol. The van der Waals surface area contributed by atoms with E-state index in [-0.39, 0.29) is 6.04 Å². The zero-order valence-electron chi connectivity index (χ0n) is 10.5. The number of tetrazole rings is 1. The smallest absolute Gasteiger partial charge is 0.209 e. The second-order valence-corrected chi connectivity index (χ2v) is 5.47. The molecule has 1 aliphatic carbocycles. The van der Waals surface area contributed by atoms with Crippen molar-refractivity contribution in [3.63, 3.8) is 0 Å². The first-order valence-corrected chi connectivity index (χ1v) is 7.37. The van der Waals surface area contributed by atoms with Gasteiger partial charge in [-0.1, -0.05) is 18.7 Å². The number of rotatable bonds is 8. The molecule has 1 saturated carbocycles. The number of hydrogen-bond donors (Lipinski definition) is 1. The van der Waals surface area contributed by atoms with Crippen molar-refractivity contribution in [3.05, 3.63) is 0 Å². The van der Waals surface area contributed by atoms with Crippen molar-refractivity contribution in [2.45, 2.75) is 49.8 Å². The summed E-state index contributed by atoms with van der Waals surface area (Å²) in [6, 6.07) is 2.72. The minimum Gasteiger partial charge on any atom is -0.302 e. The van der Waals surface area contributed by atoms with E-state index in [4.69, 9.17) is 5.26 Å². The average Bonchev–Trinajstić information content (AvgIpc) is 3.13. The molecule has 1 unspecified atom stereocenters. The van der Waals surface area contributed by atoms with Gasteiger partial charge in [-0.2, -0.15) is 5.26 Å². The average molecular weight is 266 g/mol. The van der Waals surface area contributed by atoms with Crippen molar-refractivity contribution >= 4 is 11.8 Å². The lowest BCUT2D eigenvalue weighted by molar-refractivity contribution is 0.563. The van der Waals surface area contributed by atoms with Gasteiger partial charge in [-0.05, 0) is 42.7 Å². The number of aromatic nitrogens is 4. The van der Waals surface area contributed by atoms with E-state index < -0.39 is 0 Å². The van der Waals surface area contributed by atoms with Crippen LogP contribution in [0.4, 0.5) is 0 Å². The summed E-state index contributed by atoms with van der Waals surface area (Å²) in [7, 11) is 0. The summed E-state index contributed by atoms with van der Waals surface area (Å²) < 4.78 is 1.91. The molecule has 98 valence electrons. The van der Waals surface area contributed by atoms with E-state index in [1.807, 2.05) is 4.68 Å². The Morgan fingerprint density at radius 2 is 2.44 bits per heavy atom. The topological polar surface area (TPSA) is 79.4 Å². The largest absolute Gasteiger partial charge is 0.302 e. The van der Waals surface area contributed by atoms with Crippen LogP contribution in [0.3, 0.4) is 0 Å². The molecule has 0 aliphatic heterocycles. The fourth-order valence-corrected chi connectivity index (χ4v) is 2.58. The molecule has 1 atom stereocenters. The molecule has 0 bridgehead atoms. The minimum atomic E-state index is -0.0669. The third-order valence-corrected chi connectivity index (χ3v) is 3.76. The lowest BCUT2D eigenvalue weighted by Crippen LogP contribution is -2.28. The lowest BCUT2D eigenvalue weighted by Gasteiger charge is -2.09. The van der Waals surface area contributed by atoms with Crippen LogP contribution in [0, 0.1) is 11.3 Å². The van der Waals surface area contributed by atoms with Crippen LogP contribution >= 0.6 is 11.8 Å². The predicted octanol–water partition coefficient (Wildman–Crippen LogP) is 1.38. The van der Waals surface area contributed by atoms with Gasteiger partial charge in [0.25, 0.3) is 0 Å². The predicted molar refractivity (Wildman–Crippen MR) is 69.1 cm³/mol. The van der Waals surface area contributed by atoms with Crippen molar-refractivity contribution < 1.29 is 0 Å². The van der Waals surface area contributed by atoms with E-state index in [1.54, 1.807) is 11.8 Å². The SMILES string of the molecule is CCCNC(C#N)CCSc1nnnn1C1CC1. The van der Waals surface area contributed by atoms with Gasteiger partial charge in [0, 0.05) is 5.75 Å². The van der Waals surface area contributed by atoms with Gasteiger partial charge < -0.3 is 5.32 Å². The second-order valence-electron chi connectivity index (χ2n) is 4.41. The van der Waals surface area contributed by atoms with Crippen molar-refractivity contribution in [1.82, 2.24) is 25.5 Å². The number of nitriles is 1. The van der Waals surface area contributed by atoms with Gasteiger partial charge in [0.1, 0.15) is 0 Å². The third-order valence-electron chi connectivity index (χ3n) is 2.79. The minimum absolute atomic E-state index is 0.0669. The Labute approximate surface area is 111 Å². The molecule has 1 aromatic heterocycles. The zero-order chi connectivity index (χ0) is 12.8. The summed E-state index contributed by atoms with van der Waals surface area (Å²) in [5.41, 5.74) is 0. The maximum Gasteiger partial charge on any atom is 0.209 e. The maximum absolute atomic E-state index is 9.00. The Hall–Kier alpha value is -1.13. The van der Waals surface area contributed by atoms with E-state index in [9.17, 15) is 0 Å². The Morgan fingerprint density at radius 1 is 1.61 bits per heavy atom. The first-order valence-electron chi connectivity index (χ1n) is 6.38. The van der Waals surface area contributed by atoms with Gasteiger partial charge in [-0.25, -0.2) is 4.68 Å². The Balaban J connectivity index is 1.73. The number of nitrogens with one attached hydrogen (secondary N) is 1. The molecule has 0 aromatic carbocycles. The van der Waals surface area contributed by atoms with Gasteiger partial charge in [-0.15, -0.1) is 5.10 Å². The molecule has 1 heterocycles. The van der Waals surface area contributed by atoms with Crippen LogP contribution in [0.5, 0.6) is 0 Å². The monoisotopic (exact) mass is 266 g/mol. The molecule has 18 heavy (non-hydrogen) atoms. The first-order chi connectivity index (χ1) is 8.85. The van der Waals surface area contributed by atoms with Crippen molar-refractivity contribution in [2.24, 2.45) is 0 Å². The van der Waals surface area contributed by atoms with Gasteiger partial charge in [-0.3, -0.25) is 0 Å². The van der Waals surface area contributed by atoms with Crippen LogP contribution in [-0.4, -0.2) is 38.5 Å². The summed E-state index contributed by atoms with van der Waals surface area (Å²) in [6.07, 6.45) is 4.22. The Bertz CT molecular complexity index is 408. The normalized spacial score (nSPS) is 16.4. The fourth-order valence-electron chi connectivity index (χ4n) is 1.63. The van der Waals surface area contributed by atoms with Gasteiger partial charge in [0.15, 0.2) is 0 Å². The summed E-state index contributed by atoms with van der Waals surface area (Å²) in [4.78, 5) is 0. The molecule has 1 aliphatic rings. The van der Waals surface area contributed by atoms with Crippen LogP contribution in [0.15, 0.2) is 5.16 Å². The highest BCUT2D eigenvalue weighted by molar-refractivity contribution is 7.99. The molecule has 6 nitrogen and oxygen atoms in total. The highest BCUT2D eigenvalue weighted by Crippen LogP contribution is 2.36. The van der Waals surface area contributed by atoms with E-state index in [0.29, 0.717) is 6.04 Å². The van der Waals surface area contributed by atoms with Crippen molar-refractivity contribution in [1.29, 1.82) is 5.26 Å².